The Morgan fingerprint density at radius 3 is 2.20 bits per heavy atom. The average molecular weight is 795 g/mol. The van der Waals surface area contributed by atoms with Crippen molar-refractivity contribution < 1.29 is 37.2 Å². The van der Waals surface area contributed by atoms with E-state index in [2.05, 4.69) is 44.1 Å². The number of oxazole rings is 3. The topological polar surface area (TPSA) is 221 Å². The normalized spacial score (nSPS) is 17.6. The summed E-state index contributed by atoms with van der Waals surface area (Å²) in [6, 6.07) is 12.7. The average Bonchev–Trinajstić information content (AvgIpc) is 4.09. The van der Waals surface area contributed by atoms with Gasteiger partial charge in [-0.2, -0.15) is 0 Å². The molecule has 59 heavy (non-hydrogen) atoms. The predicted molar refractivity (Wildman–Crippen MR) is 213 cm³/mol. The van der Waals surface area contributed by atoms with Crippen LogP contribution in [-0.2, 0) is 29.0 Å². The van der Waals surface area contributed by atoms with Crippen LogP contribution < -0.4 is 16.4 Å². The van der Waals surface area contributed by atoms with Crippen molar-refractivity contribution in [2.45, 2.75) is 45.7 Å². The van der Waals surface area contributed by atoms with Crippen LogP contribution in [0.5, 0.6) is 0 Å². The minimum atomic E-state index is -0.463. The quantitative estimate of drug-likeness (QED) is 0.137. The second-order valence-electron chi connectivity index (χ2n) is 13.9. The molecule has 10 bridgehead atoms. The van der Waals surface area contributed by atoms with Gasteiger partial charge in [-0.15, -0.1) is 0 Å². The summed E-state index contributed by atoms with van der Waals surface area (Å²) in [5.41, 5.74) is 11.8. The van der Waals surface area contributed by atoms with Crippen LogP contribution in [0, 0.1) is 0 Å². The first-order valence-corrected chi connectivity index (χ1v) is 18.9. The van der Waals surface area contributed by atoms with Crippen molar-refractivity contribution in [2.24, 2.45) is 10.7 Å². The molecule has 0 fully saturated rings. The van der Waals surface area contributed by atoms with Gasteiger partial charge in [0.05, 0.1) is 29.1 Å². The van der Waals surface area contributed by atoms with Crippen molar-refractivity contribution in [3.05, 3.63) is 149 Å². The van der Waals surface area contributed by atoms with Gasteiger partial charge in [0.15, 0.2) is 11.4 Å². The maximum atomic E-state index is 13.2. The van der Waals surface area contributed by atoms with Crippen LogP contribution >= 0.6 is 0 Å². The number of nitrogens with one attached hydrogen (secondary N) is 2. The molecule has 0 unspecified atom stereocenters. The molecule has 4 amide bonds. The van der Waals surface area contributed by atoms with Gasteiger partial charge >= 0.3 is 0 Å². The molecule has 6 heterocycles. The molecule has 0 atom stereocenters. The van der Waals surface area contributed by atoms with E-state index in [0.717, 1.165) is 29.5 Å². The molecule has 4 N–H and O–H groups in total. The number of benzene rings is 2. The summed E-state index contributed by atoms with van der Waals surface area (Å²) in [6.07, 6.45) is 11.1. The van der Waals surface area contributed by atoms with Gasteiger partial charge in [0.1, 0.15) is 35.9 Å². The fraction of sp³-hybridized carbons (Fsp3) is 0.209. The maximum absolute atomic E-state index is 13.2. The van der Waals surface area contributed by atoms with Crippen LogP contribution in [0.25, 0.3) is 22.9 Å². The lowest BCUT2D eigenvalue weighted by atomic mass is 10.0. The third-order valence-electron chi connectivity index (χ3n) is 9.60. The van der Waals surface area contributed by atoms with Crippen molar-refractivity contribution in [1.29, 1.82) is 0 Å². The number of nitrogens with zero attached hydrogens (tertiary/aromatic N) is 5. The number of rotatable bonds is 7. The van der Waals surface area contributed by atoms with Crippen LogP contribution in [0.1, 0.15) is 91.6 Å². The van der Waals surface area contributed by atoms with Gasteiger partial charge < -0.3 is 34.4 Å². The summed E-state index contributed by atoms with van der Waals surface area (Å²) in [7, 11) is 0. The molecule has 0 radical (unpaired) electrons. The molecule has 16 nitrogen and oxygen atoms in total. The lowest BCUT2D eigenvalue weighted by Gasteiger charge is -2.14. The number of fused-ring (bicyclic) bond motifs is 12. The van der Waals surface area contributed by atoms with Crippen molar-refractivity contribution in [1.82, 2.24) is 30.5 Å². The third kappa shape index (κ3) is 8.27. The number of hydrogen-bond donors (Lipinski definition) is 3. The monoisotopic (exact) mass is 794 g/mol. The SMILES string of the molecule is C=C1/C=C(OCCCN2C(=O)c3ccccc3C2=O)\C=C(/N)c2nc(co2)-c2nc(co2)C(=O)NCc2cc(CCC)cc(c2)CNC(=O)C2=CCC(=N2)c2coc1n2. The molecular weight excluding hydrogens is 757 g/mol. The number of aryl methyl sites for hydroxylation is 1. The smallest absolute Gasteiger partial charge is 0.273 e. The lowest BCUT2D eigenvalue weighted by Crippen LogP contribution is -2.31. The highest BCUT2D eigenvalue weighted by Crippen LogP contribution is 2.26. The number of imide groups is 1. The van der Waals surface area contributed by atoms with E-state index in [1.807, 2.05) is 18.2 Å². The van der Waals surface area contributed by atoms with Crippen LogP contribution in [0.15, 0.2) is 116 Å². The van der Waals surface area contributed by atoms with Gasteiger partial charge in [0.2, 0.25) is 17.7 Å². The van der Waals surface area contributed by atoms with Gasteiger partial charge in [-0.05, 0) is 53.8 Å². The first-order chi connectivity index (χ1) is 28.6. The molecule has 2 aromatic carbocycles. The summed E-state index contributed by atoms with van der Waals surface area (Å²) in [5, 5.41) is 5.84. The van der Waals surface area contributed by atoms with E-state index in [1.165, 1.54) is 29.8 Å². The van der Waals surface area contributed by atoms with E-state index in [9.17, 15) is 19.2 Å². The van der Waals surface area contributed by atoms with Crippen LogP contribution in [0.3, 0.4) is 0 Å². The standard InChI is InChI=1S/C43H38N8O8/c1-3-7-25-15-26-17-27(16-25)20-46-38(53)35-22-59-41(49-35)36-23-58-40(50-36)31(44)18-28(56-13-6-12-51-42(54)29-8-4-5-9-30(29)43(51)55)14-24(2)39-48-34(21-57-39)32-10-11-33(47-32)37(52)45-19-26/h4-5,8-9,11,14-18,21-23H,2-3,6-7,10,12-13,19-20,44H2,1H3,(H,45,52)(H,46,53)/b28-14+,31-18-. The Morgan fingerprint density at radius 1 is 0.814 bits per heavy atom. The lowest BCUT2D eigenvalue weighted by molar-refractivity contribution is -0.117. The number of allylic oxidation sites excluding steroid dienone is 4. The van der Waals surface area contributed by atoms with Gasteiger partial charge in [-0.3, -0.25) is 24.1 Å². The maximum Gasteiger partial charge on any atom is 0.273 e. The highest BCUT2D eigenvalue weighted by molar-refractivity contribution is 6.21. The summed E-state index contributed by atoms with van der Waals surface area (Å²) in [6.45, 7) is 6.84. The number of nitrogens with two attached hydrogens (primary N) is 1. The molecule has 16 heteroatoms. The Kier molecular flexibility index (Phi) is 10.7. The van der Waals surface area contributed by atoms with Gasteiger partial charge in [-0.25, -0.2) is 19.9 Å². The second-order valence-corrected chi connectivity index (χ2v) is 13.9. The van der Waals surface area contributed by atoms with Crippen LogP contribution in [0.2, 0.25) is 0 Å². The molecule has 298 valence electrons. The summed E-state index contributed by atoms with van der Waals surface area (Å²) in [5.74, 6) is -1.14. The van der Waals surface area contributed by atoms with Crippen LogP contribution in [-0.4, -0.2) is 62.3 Å². The Bertz CT molecular complexity index is 2610. The zero-order chi connectivity index (χ0) is 41.0. The third-order valence-corrected chi connectivity index (χ3v) is 9.60. The minimum Gasteiger partial charge on any atom is -0.493 e. The van der Waals surface area contributed by atoms with Crippen LogP contribution in [0.4, 0.5) is 0 Å². The summed E-state index contributed by atoms with van der Waals surface area (Å²) < 4.78 is 23.1. The number of amides is 4. The summed E-state index contributed by atoms with van der Waals surface area (Å²) in [4.78, 5) is 71.2. The molecule has 0 spiro atoms. The van der Waals surface area contributed by atoms with E-state index >= 15 is 0 Å². The van der Waals surface area contributed by atoms with Gasteiger partial charge in [-0.1, -0.05) is 50.3 Å². The molecule has 3 aromatic heterocycles. The number of aliphatic imine (C=N–C) groups is 1. The highest BCUT2D eigenvalue weighted by Gasteiger charge is 2.34. The minimum absolute atomic E-state index is 0.00420. The molecule has 5 aromatic rings. The number of hydrogen-bond acceptors (Lipinski definition) is 13. The zero-order valence-corrected chi connectivity index (χ0v) is 31.9. The molecule has 0 saturated heterocycles. The molecule has 3 aliphatic rings. The van der Waals surface area contributed by atoms with E-state index in [-0.39, 0.29) is 90.2 Å². The fourth-order valence-electron chi connectivity index (χ4n) is 6.74. The van der Waals surface area contributed by atoms with E-state index < -0.39 is 5.91 Å². The van der Waals surface area contributed by atoms with E-state index in [4.69, 9.17) is 23.7 Å². The van der Waals surface area contributed by atoms with Crippen molar-refractivity contribution in [2.75, 3.05) is 13.2 Å². The van der Waals surface area contributed by atoms with E-state index in [0.29, 0.717) is 40.9 Å². The summed E-state index contributed by atoms with van der Waals surface area (Å²) >= 11 is 0. The fourth-order valence-corrected chi connectivity index (χ4v) is 6.74. The first kappa shape index (κ1) is 38.3. The molecule has 0 aliphatic carbocycles. The Labute approximate surface area is 337 Å². The predicted octanol–water partition coefficient (Wildman–Crippen LogP) is 5.51. The number of aromatic nitrogens is 3. The van der Waals surface area contributed by atoms with Crippen molar-refractivity contribution >= 4 is 40.6 Å². The molecule has 0 saturated carbocycles. The molecule has 3 aliphatic heterocycles. The number of ether oxygens (including phenoxy) is 1. The highest BCUT2D eigenvalue weighted by atomic mass is 16.5. The number of carbonyl (C=O) groups excluding carboxylic acids is 4. The van der Waals surface area contributed by atoms with Gasteiger partial charge in [0, 0.05) is 37.7 Å². The molecular formula is C43H38N8O8. The zero-order valence-electron chi connectivity index (χ0n) is 31.9. The largest absolute Gasteiger partial charge is 0.493 e. The van der Waals surface area contributed by atoms with Crippen molar-refractivity contribution in [3.8, 4) is 11.6 Å². The van der Waals surface area contributed by atoms with E-state index in [1.54, 1.807) is 36.4 Å². The second kappa shape index (κ2) is 16.5. The van der Waals surface area contributed by atoms with Gasteiger partial charge in [0.25, 0.3) is 23.6 Å². The Hall–Kier alpha value is -7.62. The number of carbonyl (C=O) groups is 4. The molecule has 8 rings (SSSR count). The van der Waals surface area contributed by atoms with Crippen molar-refractivity contribution in [3.63, 3.8) is 0 Å². The first-order valence-electron chi connectivity index (χ1n) is 18.9. The Morgan fingerprint density at radius 2 is 1.46 bits per heavy atom. The Balaban J connectivity index is 1.06.